The molecule has 0 atom stereocenters. The van der Waals surface area contributed by atoms with E-state index in [0.717, 1.165) is 40.6 Å². The SMILES string of the molecule is CC(C)(C)N1c2cc(-c3cccc(CCCO)c3)ccc2NN1O. The summed E-state index contributed by atoms with van der Waals surface area (Å²) in [6.45, 7) is 6.36. The Kier molecular flexibility index (Phi) is 4.49. The number of fused-ring (bicyclic) bond motifs is 1. The minimum atomic E-state index is -0.255. The van der Waals surface area contributed by atoms with Crippen LogP contribution in [-0.2, 0) is 6.42 Å². The number of benzene rings is 2. The second-order valence-corrected chi connectivity index (χ2v) is 7.14. The smallest absolute Gasteiger partial charge is 0.0821 e. The number of hydrogen-bond acceptors (Lipinski definition) is 5. The van der Waals surface area contributed by atoms with Crippen LogP contribution in [0.15, 0.2) is 42.5 Å². The molecule has 0 fully saturated rings. The molecule has 0 radical (unpaired) electrons. The topological polar surface area (TPSA) is 59.0 Å². The molecule has 0 aromatic heterocycles. The monoisotopic (exact) mass is 327 g/mol. The lowest BCUT2D eigenvalue weighted by Gasteiger charge is -2.36. The Balaban J connectivity index is 1.96. The van der Waals surface area contributed by atoms with E-state index in [4.69, 9.17) is 5.11 Å². The first-order chi connectivity index (χ1) is 11.4. The number of aliphatic hydroxyl groups excluding tert-OH is 1. The van der Waals surface area contributed by atoms with Crippen molar-refractivity contribution in [1.82, 2.24) is 5.28 Å². The van der Waals surface area contributed by atoms with Gasteiger partial charge in [-0.15, -0.1) is 0 Å². The predicted molar refractivity (Wildman–Crippen MR) is 96.8 cm³/mol. The fourth-order valence-electron chi connectivity index (χ4n) is 3.08. The third-order valence-electron chi connectivity index (χ3n) is 4.16. The third kappa shape index (κ3) is 3.24. The molecule has 5 heteroatoms. The van der Waals surface area contributed by atoms with Crippen LogP contribution in [0.1, 0.15) is 32.8 Å². The third-order valence-corrected chi connectivity index (χ3v) is 4.16. The lowest BCUT2D eigenvalue weighted by Crippen LogP contribution is -2.50. The highest BCUT2D eigenvalue weighted by Crippen LogP contribution is 2.40. The van der Waals surface area contributed by atoms with Gasteiger partial charge in [-0.2, -0.15) is 0 Å². The van der Waals surface area contributed by atoms with Gasteiger partial charge in [-0.05, 0) is 67.7 Å². The van der Waals surface area contributed by atoms with Crippen molar-refractivity contribution in [3.05, 3.63) is 48.0 Å². The van der Waals surface area contributed by atoms with Gasteiger partial charge >= 0.3 is 0 Å². The summed E-state index contributed by atoms with van der Waals surface area (Å²) < 4.78 is 0. The van der Waals surface area contributed by atoms with Crippen LogP contribution in [0.3, 0.4) is 0 Å². The second-order valence-electron chi connectivity index (χ2n) is 7.14. The van der Waals surface area contributed by atoms with Gasteiger partial charge in [0.05, 0.1) is 16.9 Å². The first-order valence-electron chi connectivity index (χ1n) is 8.30. The van der Waals surface area contributed by atoms with Crippen LogP contribution < -0.4 is 10.4 Å². The number of nitrogens with one attached hydrogen (secondary N) is 1. The molecule has 0 bridgehead atoms. The van der Waals surface area contributed by atoms with Crippen LogP contribution in [0, 0.1) is 0 Å². The van der Waals surface area contributed by atoms with Crippen LogP contribution in [0.2, 0.25) is 0 Å². The van der Waals surface area contributed by atoms with E-state index in [1.165, 1.54) is 5.56 Å². The largest absolute Gasteiger partial charge is 0.396 e. The van der Waals surface area contributed by atoms with Gasteiger partial charge in [0, 0.05) is 6.61 Å². The highest BCUT2D eigenvalue weighted by atomic mass is 16.6. The molecule has 2 aromatic rings. The summed E-state index contributed by atoms with van der Waals surface area (Å²) in [6.07, 6.45) is 1.64. The number of hydrazine groups is 2. The number of aryl methyl sites for hydroxylation is 1. The van der Waals surface area contributed by atoms with Crippen molar-refractivity contribution in [2.45, 2.75) is 39.2 Å². The van der Waals surface area contributed by atoms with Crippen molar-refractivity contribution in [3.63, 3.8) is 0 Å². The Hall–Kier alpha value is -2.08. The van der Waals surface area contributed by atoms with Crippen molar-refractivity contribution >= 4 is 11.4 Å². The fraction of sp³-hybridized carbons (Fsp3) is 0.368. The highest BCUT2D eigenvalue weighted by Gasteiger charge is 2.34. The van der Waals surface area contributed by atoms with E-state index in [1.807, 2.05) is 17.1 Å². The Bertz CT molecular complexity index is 725. The predicted octanol–water partition coefficient (Wildman–Crippen LogP) is 3.83. The van der Waals surface area contributed by atoms with E-state index in [1.54, 1.807) is 0 Å². The molecule has 1 heterocycles. The number of hydrogen-bond donors (Lipinski definition) is 3. The van der Waals surface area contributed by atoms with Gasteiger partial charge in [0.15, 0.2) is 0 Å². The average molecular weight is 327 g/mol. The minimum absolute atomic E-state index is 0.210. The molecule has 0 spiro atoms. The first-order valence-corrected chi connectivity index (χ1v) is 8.30. The summed E-state index contributed by atoms with van der Waals surface area (Å²) in [4.78, 5) is 0. The van der Waals surface area contributed by atoms with E-state index >= 15 is 0 Å². The molecule has 1 aliphatic heterocycles. The van der Waals surface area contributed by atoms with Gasteiger partial charge in [-0.1, -0.05) is 30.3 Å². The number of anilines is 2. The maximum absolute atomic E-state index is 10.2. The maximum Gasteiger partial charge on any atom is 0.0821 e. The molecule has 24 heavy (non-hydrogen) atoms. The Labute approximate surface area is 143 Å². The Morgan fingerprint density at radius 1 is 1.04 bits per heavy atom. The van der Waals surface area contributed by atoms with E-state index in [9.17, 15) is 5.21 Å². The molecule has 3 rings (SSSR count). The quantitative estimate of drug-likeness (QED) is 0.797. The van der Waals surface area contributed by atoms with E-state index in [-0.39, 0.29) is 12.1 Å². The summed E-state index contributed by atoms with van der Waals surface area (Å²) in [6, 6.07) is 14.5. The van der Waals surface area contributed by atoms with E-state index in [0.29, 0.717) is 0 Å². The molecular weight excluding hydrogens is 302 g/mol. The van der Waals surface area contributed by atoms with Gasteiger partial charge in [0.25, 0.3) is 0 Å². The number of nitrogens with zero attached hydrogens (tertiary/aromatic N) is 2. The fourth-order valence-corrected chi connectivity index (χ4v) is 3.08. The lowest BCUT2D eigenvalue weighted by atomic mass is 9.99. The summed E-state index contributed by atoms with van der Waals surface area (Å²) in [7, 11) is 0. The highest BCUT2D eigenvalue weighted by molar-refractivity contribution is 5.80. The van der Waals surface area contributed by atoms with Gasteiger partial charge in [-0.3, -0.25) is 15.6 Å². The molecule has 0 saturated heterocycles. The summed E-state index contributed by atoms with van der Waals surface area (Å²) in [5.41, 5.74) is 7.99. The molecule has 0 amide bonds. The Morgan fingerprint density at radius 3 is 2.50 bits per heavy atom. The molecule has 0 saturated carbocycles. The standard InChI is InChI=1S/C19H25N3O2/c1-19(2,3)21-18-13-16(9-10-17(18)20-22(21)24)15-8-4-6-14(12-15)7-5-11-23/h4,6,8-10,12-13,20,23-24H,5,7,11H2,1-3H3. The van der Waals surface area contributed by atoms with Crippen LogP contribution in [0.25, 0.3) is 11.1 Å². The van der Waals surface area contributed by atoms with E-state index in [2.05, 4.69) is 56.5 Å². The van der Waals surface area contributed by atoms with Crippen molar-refractivity contribution in [2.24, 2.45) is 0 Å². The normalized spacial score (nSPS) is 14.6. The molecule has 5 nitrogen and oxygen atoms in total. The minimum Gasteiger partial charge on any atom is -0.396 e. The summed E-state index contributed by atoms with van der Waals surface area (Å²) >= 11 is 0. The molecule has 3 N–H and O–H groups in total. The second kappa shape index (κ2) is 6.43. The molecule has 128 valence electrons. The average Bonchev–Trinajstić information content (AvgIpc) is 2.88. The van der Waals surface area contributed by atoms with Crippen LogP contribution in [0.5, 0.6) is 0 Å². The zero-order valence-electron chi connectivity index (χ0n) is 14.5. The van der Waals surface area contributed by atoms with Gasteiger partial charge in [0.2, 0.25) is 0 Å². The number of aliphatic hydroxyl groups is 1. The van der Waals surface area contributed by atoms with Gasteiger partial charge in [0.1, 0.15) is 0 Å². The van der Waals surface area contributed by atoms with E-state index < -0.39 is 0 Å². The van der Waals surface area contributed by atoms with Crippen molar-refractivity contribution in [3.8, 4) is 11.1 Å². The summed E-state index contributed by atoms with van der Waals surface area (Å²) in [5, 5.41) is 22.1. The maximum atomic E-state index is 10.2. The van der Waals surface area contributed by atoms with Gasteiger partial charge < -0.3 is 5.11 Å². The van der Waals surface area contributed by atoms with Crippen molar-refractivity contribution in [2.75, 3.05) is 17.0 Å². The first kappa shape index (κ1) is 16.8. The Morgan fingerprint density at radius 2 is 1.79 bits per heavy atom. The summed E-state index contributed by atoms with van der Waals surface area (Å²) in [5.74, 6) is 0. The van der Waals surface area contributed by atoms with Crippen LogP contribution in [-0.4, -0.2) is 27.7 Å². The molecule has 2 aromatic carbocycles. The zero-order chi connectivity index (χ0) is 17.3. The molecule has 1 aliphatic rings. The van der Waals surface area contributed by atoms with Crippen LogP contribution >= 0.6 is 0 Å². The molecular formula is C19H25N3O2. The van der Waals surface area contributed by atoms with Gasteiger partial charge in [-0.25, -0.2) is 0 Å². The molecule has 0 aliphatic carbocycles. The molecule has 0 unspecified atom stereocenters. The number of rotatable bonds is 4. The zero-order valence-corrected chi connectivity index (χ0v) is 14.5. The lowest BCUT2D eigenvalue weighted by molar-refractivity contribution is -0.0854. The van der Waals surface area contributed by atoms with Crippen molar-refractivity contribution in [1.29, 1.82) is 0 Å². The van der Waals surface area contributed by atoms with Crippen LogP contribution in [0.4, 0.5) is 11.4 Å². The van der Waals surface area contributed by atoms with Crippen molar-refractivity contribution < 1.29 is 10.3 Å².